The van der Waals surface area contributed by atoms with Gasteiger partial charge in [-0.05, 0) is 196 Å². The second kappa shape index (κ2) is 25.7. The van der Waals surface area contributed by atoms with Crippen LogP contribution in [-0.4, -0.2) is 38.2 Å². The molecule has 554 valence electrons. The van der Waals surface area contributed by atoms with E-state index in [9.17, 15) is 0 Å². The number of nitrogens with zero attached hydrogens (tertiary/aromatic N) is 8. The van der Waals surface area contributed by atoms with Crippen LogP contribution in [0.15, 0.2) is 400 Å². The third kappa shape index (κ3) is 9.87. The minimum absolute atomic E-state index is 0.755. The highest BCUT2D eigenvalue weighted by Gasteiger charge is 2.28. The largest absolute Gasteiger partial charge is 0.309 e. The molecule has 20 aromatic carbocycles. The second-order valence-electron chi connectivity index (χ2n) is 31.9. The van der Waals surface area contributed by atoms with Gasteiger partial charge in [0.05, 0.1) is 66.2 Å². The Morgan fingerprint density at radius 1 is 0.167 bits per heavy atom. The topological polar surface area (TPSA) is 71.3 Å². The highest BCUT2D eigenvalue weighted by molar-refractivity contribution is 6.25. The zero-order chi connectivity index (χ0) is 78.4. The summed E-state index contributed by atoms with van der Waals surface area (Å²) in [7, 11) is 0. The zero-order valence-corrected chi connectivity index (χ0v) is 64.7. The van der Waals surface area contributed by atoms with E-state index in [2.05, 4.69) is 419 Å². The molecule has 0 radical (unpaired) electrons. The highest BCUT2D eigenvalue weighted by Crippen LogP contribution is 2.48. The van der Waals surface area contributed by atoms with Crippen molar-refractivity contribution in [1.82, 2.24) is 38.2 Å². The highest BCUT2D eigenvalue weighted by atomic mass is 15.1. The first-order valence-electron chi connectivity index (χ1n) is 41.1. The molecular weight excluding hydrogens is 1460 g/mol. The maximum Gasteiger partial charge on any atom is 0.165 e. The molecule has 8 heteroatoms. The van der Waals surface area contributed by atoms with Crippen molar-refractivity contribution in [2.24, 2.45) is 0 Å². The molecule has 0 bridgehead atoms. The Hall–Kier alpha value is -16.2. The molecule has 0 aliphatic heterocycles. The van der Waals surface area contributed by atoms with Crippen molar-refractivity contribution >= 4 is 174 Å². The Bertz CT molecular complexity index is 8920. The van der Waals surface area contributed by atoms with E-state index in [1.165, 1.54) is 86.8 Å². The summed E-state index contributed by atoms with van der Waals surface area (Å²) >= 11 is 0. The Morgan fingerprint density at radius 2 is 0.608 bits per heavy atom. The van der Waals surface area contributed by atoms with E-state index in [4.69, 9.17) is 19.9 Å². The summed E-state index contributed by atoms with van der Waals surface area (Å²) in [5.41, 5.74) is 24.5. The van der Waals surface area contributed by atoms with Crippen molar-refractivity contribution < 1.29 is 0 Å². The van der Waals surface area contributed by atoms with Gasteiger partial charge >= 0.3 is 0 Å². The summed E-state index contributed by atoms with van der Waals surface area (Å²) < 4.78 is 9.69. The summed E-state index contributed by atoms with van der Waals surface area (Å²) in [6, 6.07) is 146. The fourth-order valence-electron chi connectivity index (χ4n) is 20.0. The predicted octanol–water partition coefficient (Wildman–Crippen LogP) is 29.2. The monoisotopic (exact) mass is 1520 g/mol. The van der Waals surface area contributed by atoms with Gasteiger partial charge in [0.15, 0.2) is 11.6 Å². The van der Waals surface area contributed by atoms with E-state index in [-0.39, 0.29) is 0 Å². The van der Waals surface area contributed by atoms with E-state index in [1.54, 1.807) is 0 Å². The minimum atomic E-state index is 0.755. The fourth-order valence-corrected chi connectivity index (χ4v) is 20.0. The number of hydrogen-bond acceptors (Lipinski definition) is 4. The molecule has 0 amide bonds. The normalized spacial score (nSPS) is 12.2. The molecular formula is C112H66N8. The Balaban J connectivity index is 0.644. The van der Waals surface area contributed by atoms with Crippen molar-refractivity contribution in [2.75, 3.05) is 0 Å². The summed E-state index contributed by atoms with van der Waals surface area (Å²) in [4.78, 5) is 23.0. The van der Waals surface area contributed by atoms with Gasteiger partial charge in [-0.15, -0.1) is 0 Å². The van der Waals surface area contributed by atoms with Crippen LogP contribution in [0.4, 0.5) is 0 Å². The van der Waals surface area contributed by atoms with Gasteiger partial charge in [-0.3, -0.25) is 9.13 Å². The fraction of sp³-hybridized carbons (Fsp3) is 0. The van der Waals surface area contributed by atoms with Crippen molar-refractivity contribution in [3.63, 3.8) is 0 Å². The standard InChI is InChI=1S/C112H66N8/c1-2-21-67(22-3-1)82-54-55-90(87-33-13-12-32-86(82)87)109-112(115-96-38-17-16-37-95(96)113-109)120-102-59-51-78(65-93(102)106-83-29-9-5-25-70(83)50-58-104(106)120)117-99-39-18-15-35-89(99)92-62-75-46-45-74(61-77(75)64-105(92)117)76-48-56-97-98(63-76)114-108(73-43-41-72(42-44-73)81-36-20-27-68-23-4-8-28-80(68)81)111(116-97)119-101-60-52-79(66-94(101)107-84-30-10-6-24-69(84)49-57-103(107)119)118-100-40-19-14-34-88(100)91-53-47-71-26-7-11-31-85(71)110(91)118/h1-66H. The van der Waals surface area contributed by atoms with E-state index in [0.717, 1.165) is 166 Å². The van der Waals surface area contributed by atoms with Crippen LogP contribution in [0, 0.1) is 0 Å². The second-order valence-corrected chi connectivity index (χ2v) is 31.9. The van der Waals surface area contributed by atoms with E-state index >= 15 is 0 Å². The van der Waals surface area contributed by atoms with Gasteiger partial charge in [0.2, 0.25) is 0 Å². The molecule has 0 atom stereocenters. The number of aromatic nitrogens is 8. The van der Waals surface area contributed by atoms with E-state index in [0.29, 0.717) is 0 Å². The van der Waals surface area contributed by atoms with Crippen molar-refractivity contribution in [1.29, 1.82) is 0 Å². The van der Waals surface area contributed by atoms with Gasteiger partial charge in [-0.1, -0.05) is 297 Å². The van der Waals surface area contributed by atoms with Gasteiger partial charge < -0.3 is 9.13 Å². The lowest BCUT2D eigenvalue weighted by Crippen LogP contribution is -2.04. The SMILES string of the molecule is c1ccc(-c2ccc(-c3nc4ccccc4nc3-n3c4ccc(-n5c6ccccc6c6cc7ccc(-c8ccc9nc(-n%10c%11ccc(-n%12c%13ccccc%13c%13ccc%14ccccc%14c%13%12)cc%11c%11c%12ccccc%12ccc%11%10)c(-c%10ccc(-c%11cccc%12ccccc%11%12)cc%10)nc9c8)cc7cc65)cc4c4c5ccccc5ccc43)c3ccccc23)cc1. The molecule has 0 N–H and O–H groups in total. The third-order valence-electron chi connectivity index (χ3n) is 25.5. The van der Waals surface area contributed by atoms with Gasteiger partial charge in [-0.2, -0.15) is 0 Å². The first kappa shape index (κ1) is 66.2. The van der Waals surface area contributed by atoms with E-state index in [1.807, 2.05) is 0 Å². The predicted molar refractivity (Wildman–Crippen MR) is 502 cm³/mol. The van der Waals surface area contributed by atoms with Crippen LogP contribution >= 0.6 is 0 Å². The van der Waals surface area contributed by atoms with Crippen molar-refractivity contribution in [2.45, 2.75) is 0 Å². The third-order valence-corrected chi connectivity index (χ3v) is 25.5. The summed E-state index contributed by atoms with van der Waals surface area (Å²) in [6.45, 7) is 0. The smallest absolute Gasteiger partial charge is 0.165 e. The lowest BCUT2D eigenvalue weighted by molar-refractivity contribution is 1.08. The summed E-state index contributed by atoms with van der Waals surface area (Å²) in [5, 5.41) is 23.5. The molecule has 0 spiro atoms. The van der Waals surface area contributed by atoms with Gasteiger partial charge in [-0.25, -0.2) is 19.9 Å². The van der Waals surface area contributed by atoms with Crippen LogP contribution in [0.5, 0.6) is 0 Å². The van der Waals surface area contributed by atoms with Crippen LogP contribution in [0.25, 0.3) is 253 Å². The van der Waals surface area contributed by atoms with E-state index < -0.39 is 0 Å². The average Bonchev–Trinajstić information content (AvgIpc) is 1.55. The Labute approximate surface area is 686 Å². The molecule has 26 rings (SSSR count). The van der Waals surface area contributed by atoms with Gasteiger partial charge in [0.25, 0.3) is 0 Å². The molecule has 0 aliphatic rings. The maximum absolute atomic E-state index is 5.87. The van der Waals surface area contributed by atoms with Crippen LogP contribution in [0.2, 0.25) is 0 Å². The number of fused-ring (bicyclic) bond motifs is 23. The van der Waals surface area contributed by atoms with Crippen LogP contribution in [0.3, 0.4) is 0 Å². The molecule has 26 aromatic rings. The number of hydrogen-bond donors (Lipinski definition) is 0. The number of benzene rings is 20. The van der Waals surface area contributed by atoms with Gasteiger partial charge in [0, 0.05) is 71.0 Å². The van der Waals surface area contributed by atoms with Crippen molar-refractivity contribution in [3.05, 3.63) is 400 Å². The van der Waals surface area contributed by atoms with Crippen LogP contribution in [-0.2, 0) is 0 Å². The van der Waals surface area contributed by atoms with Crippen LogP contribution in [0.1, 0.15) is 0 Å². The molecule has 6 aromatic heterocycles. The molecule has 0 saturated carbocycles. The molecule has 0 unspecified atom stereocenters. The zero-order valence-electron chi connectivity index (χ0n) is 64.7. The first-order chi connectivity index (χ1) is 59.5. The lowest BCUT2D eigenvalue weighted by atomic mass is 9.93. The minimum Gasteiger partial charge on any atom is -0.309 e. The Morgan fingerprint density at radius 3 is 1.30 bits per heavy atom. The van der Waals surface area contributed by atoms with Crippen molar-refractivity contribution in [3.8, 4) is 78.9 Å². The summed E-state index contributed by atoms with van der Waals surface area (Å²) in [5.74, 6) is 1.53. The van der Waals surface area contributed by atoms with Crippen LogP contribution < -0.4 is 0 Å². The van der Waals surface area contributed by atoms with Gasteiger partial charge in [0.1, 0.15) is 11.4 Å². The maximum atomic E-state index is 5.87. The molecule has 8 nitrogen and oxygen atoms in total. The molecule has 120 heavy (non-hydrogen) atoms. The molecule has 0 fully saturated rings. The number of para-hydroxylation sites is 4. The molecule has 6 heterocycles. The lowest BCUT2D eigenvalue weighted by Gasteiger charge is -2.17. The Kier molecular flexibility index (Phi) is 14.2. The average molecular weight is 1520 g/mol. The molecule has 0 aliphatic carbocycles. The molecule has 0 saturated heterocycles. The number of rotatable bonds is 9. The first-order valence-corrected chi connectivity index (χ1v) is 41.1. The summed E-state index contributed by atoms with van der Waals surface area (Å²) in [6.07, 6.45) is 0. The quantitative estimate of drug-likeness (QED) is 0.144.